The summed E-state index contributed by atoms with van der Waals surface area (Å²) in [4.78, 5) is 18.4. The molecule has 0 saturated carbocycles. The highest BCUT2D eigenvalue weighted by molar-refractivity contribution is 7.17. The van der Waals surface area contributed by atoms with Crippen molar-refractivity contribution in [3.05, 3.63) is 22.4 Å². The average molecular weight is 281 g/mol. The Morgan fingerprint density at radius 2 is 2.28 bits per heavy atom. The van der Waals surface area contributed by atoms with Gasteiger partial charge in [0.25, 0.3) is 0 Å². The van der Waals surface area contributed by atoms with E-state index in [1.807, 2.05) is 12.4 Å². The second-order valence-corrected chi connectivity index (χ2v) is 6.00. The Balaban J connectivity index is 2.00. The second kappa shape index (κ2) is 6.08. The molecule has 0 radical (unpaired) electrons. The number of thiazole rings is 1. The van der Waals surface area contributed by atoms with Crippen molar-refractivity contribution < 1.29 is 4.79 Å². The third-order valence-corrected chi connectivity index (χ3v) is 4.13. The molecule has 0 aliphatic carbocycles. The Hall–Kier alpha value is -1.24. The number of carbonyl (C=O) groups excluding carboxylic acids is 1. The van der Waals surface area contributed by atoms with E-state index in [0.717, 1.165) is 10.6 Å². The van der Waals surface area contributed by atoms with E-state index in [1.54, 1.807) is 11.3 Å². The lowest BCUT2D eigenvalue weighted by atomic mass is 10.4. The van der Waals surface area contributed by atoms with Gasteiger partial charge >= 0.3 is 0 Å². The second-order valence-electron chi connectivity index (χ2n) is 3.85. The highest BCUT2D eigenvalue weighted by atomic mass is 32.1. The minimum Gasteiger partial charge on any atom is -0.319 e. The molecule has 2 N–H and O–H groups in total. The summed E-state index contributed by atoms with van der Waals surface area (Å²) < 4.78 is 0. The maximum absolute atomic E-state index is 11.5. The Bertz CT molecular complexity index is 533. The number of aromatic nitrogens is 1. The lowest BCUT2D eigenvalue weighted by Crippen LogP contribution is -2.18. The summed E-state index contributed by atoms with van der Waals surface area (Å²) in [5.74, 6) is -0.00684. The molecule has 96 valence electrons. The first-order valence-electron chi connectivity index (χ1n) is 5.66. The van der Waals surface area contributed by atoms with Crippen LogP contribution in [0.25, 0.3) is 10.6 Å². The summed E-state index contributed by atoms with van der Waals surface area (Å²) in [7, 11) is 1.83. The summed E-state index contributed by atoms with van der Waals surface area (Å²) in [6.45, 7) is 2.75. The number of carbonyl (C=O) groups is 1. The molecule has 0 aliphatic heterocycles. The number of nitrogens with one attached hydrogen (secondary N) is 2. The first kappa shape index (κ1) is 13.2. The molecule has 0 atom stereocenters. The van der Waals surface area contributed by atoms with Crippen LogP contribution in [0.15, 0.2) is 17.5 Å². The van der Waals surface area contributed by atoms with Gasteiger partial charge in [-0.05, 0) is 26.1 Å². The van der Waals surface area contributed by atoms with Crippen LogP contribution in [0.4, 0.5) is 5.13 Å². The summed E-state index contributed by atoms with van der Waals surface area (Å²) in [5, 5.41) is 8.38. The third-order valence-electron chi connectivity index (χ3n) is 2.35. The molecular weight excluding hydrogens is 266 g/mol. The van der Waals surface area contributed by atoms with Gasteiger partial charge in [0, 0.05) is 23.2 Å². The first-order chi connectivity index (χ1) is 8.69. The molecule has 0 spiro atoms. The molecule has 0 saturated heterocycles. The first-order valence-corrected chi connectivity index (χ1v) is 7.35. The van der Waals surface area contributed by atoms with E-state index in [4.69, 9.17) is 0 Å². The van der Waals surface area contributed by atoms with Crippen molar-refractivity contribution in [3.8, 4) is 10.6 Å². The number of aryl methyl sites for hydroxylation is 1. The van der Waals surface area contributed by atoms with Crippen LogP contribution in [0.1, 0.15) is 11.3 Å². The van der Waals surface area contributed by atoms with E-state index in [1.165, 1.54) is 16.2 Å². The van der Waals surface area contributed by atoms with Crippen molar-refractivity contribution in [3.63, 3.8) is 0 Å². The Labute approximate surface area is 114 Å². The molecule has 0 unspecified atom stereocenters. The minimum absolute atomic E-state index is 0.00684. The fourth-order valence-electron chi connectivity index (χ4n) is 1.44. The molecule has 6 heteroatoms. The number of thiophene rings is 1. The van der Waals surface area contributed by atoms with Gasteiger partial charge in [0.2, 0.25) is 5.91 Å². The van der Waals surface area contributed by atoms with Crippen molar-refractivity contribution in [1.29, 1.82) is 0 Å². The van der Waals surface area contributed by atoms with Crippen molar-refractivity contribution in [2.45, 2.75) is 13.3 Å². The van der Waals surface area contributed by atoms with E-state index in [0.29, 0.717) is 18.1 Å². The van der Waals surface area contributed by atoms with Gasteiger partial charge in [0.1, 0.15) is 0 Å². The molecule has 18 heavy (non-hydrogen) atoms. The summed E-state index contributed by atoms with van der Waals surface area (Å²) in [6.07, 6.45) is 0.462. The van der Waals surface area contributed by atoms with Crippen LogP contribution in [0, 0.1) is 6.92 Å². The van der Waals surface area contributed by atoms with E-state index in [9.17, 15) is 4.79 Å². The summed E-state index contributed by atoms with van der Waals surface area (Å²) in [5.41, 5.74) is 0.932. The molecule has 2 aromatic rings. The Kier molecular flexibility index (Phi) is 4.46. The Morgan fingerprint density at radius 1 is 1.44 bits per heavy atom. The molecule has 2 rings (SSSR count). The number of hydrogen-bond donors (Lipinski definition) is 2. The van der Waals surface area contributed by atoms with Gasteiger partial charge in [-0.1, -0.05) is 0 Å². The fourth-order valence-corrected chi connectivity index (χ4v) is 3.07. The zero-order valence-electron chi connectivity index (χ0n) is 10.3. The Morgan fingerprint density at radius 3 is 2.94 bits per heavy atom. The molecule has 0 bridgehead atoms. The van der Waals surface area contributed by atoms with Gasteiger partial charge in [-0.2, -0.15) is 0 Å². The zero-order valence-corrected chi connectivity index (χ0v) is 12.0. The quantitative estimate of drug-likeness (QED) is 0.886. The zero-order chi connectivity index (χ0) is 13.0. The molecular formula is C12H15N3OS2. The van der Waals surface area contributed by atoms with Gasteiger partial charge in [0.15, 0.2) is 5.13 Å². The predicted octanol–water partition coefficient (Wildman–Crippen LogP) is 2.73. The van der Waals surface area contributed by atoms with Gasteiger partial charge in [-0.3, -0.25) is 4.79 Å². The van der Waals surface area contributed by atoms with Crippen molar-refractivity contribution >= 4 is 33.7 Å². The average Bonchev–Trinajstić information content (AvgIpc) is 2.95. The molecule has 2 aromatic heterocycles. The van der Waals surface area contributed by atoms with E-state index >= 15 is 0 Å². The van der Waals surface area contributed by atoms with Crippen LogP contribution in [-0.2, 0) is 4.79 Å². The van der Waals surface area contributed by atoms with Crippen LogP contribution in [0.3, 0.4) is 0 Å². The number of amides is 1. The fraction of sp³-hybridized carbons (Fsp3) is 0.333. The van der Waals surface area contributed by atoms with Crippen molar-refractivity contribution in [2.75, 3.05) is 18.9 Å². The molecule has 0 aliphatic rings. The standard InChI is InChI=1S/C12H15N3OS2/c1-8-3-4-10(18-8)9-7-17-12(14-9)15-11(16)5-6-13-2/h3-4,7,13H,5-6H2,1-2H3,(H,14,15,16). The molecule has 0 fully saturated rings. The number of anilines is 1. The van der Waals surface area contributed by atoms with Crippen molar-refractivity contribution in [2.24, 2.45) is 0 Å². The van der Waals surface area contributed by atoms with Crippen LogP contribution < -0.4 is 10.6 Å². The van der Waals surface area contributed by atoms with E-state index < -0.39 is 0 Å². The van der Waals surface area contributed by atoms with Crippen LogP contribution in [-0.4, -0.2) is 24.5 Å². The van der Waals surface area contributed by atoms with Gasteiger partial charge in [-0.15, -0.1) is 22.7 Å². The molecule has 2 heterocycles. The summed E-state index contributed by atoms with van der Waals surface area (Å²) >= 11 is 3.17. The third kappa shape index (κ3) is 3.38. The number of nitrogens with zero attached hydrogens (tertiary/aromatic N) is 1. The normalized spacial score (nSPS) is 10.6. The number of hydrogen-bond acceptors (Lipinski definition) is 5. The van der Waals surface area contributed by atoms with Crippen molar-refractivity contribution in [1.82, 2.24) is 10.3 Å². The van der Waals surface area contributed by atoms with Gasteiger partial charge in [0.05, 0.1) is 10.6 Å². The van der Waals surface area contributed by atoms with Crippen LogP contribution in [0.5, 0.6) is 0 Å². The monoisotopic (exact) mass is 281 g/mol. The largest absolute Gasteiger partial charge is 0.319 e. The molecule has 1 amide bonds. The smallest absolute Gasteiger partial charge is 0.227 e. The molecule has 0 aromatic carbocycles. The maximum Gasteiger partial charge on any atom is 0.227 e. The topological polar surface area (TPSA) is 54.0 Å². The minimum atomic E-state index is -0.00684. The van der Waals surface area contributed by atoms with Gasteiger partial charge < -0.3 is 10.6 Å². The highest BCUT2D eigenvalue weighted by Crippen LogP contribution is 2.30. The predicted molar refractivity (Wildman–Crippen MR) is 77.3 cm³/mol. The molecule has 4 nitrogen and oxygen atoms in total. The summed E-state index contributed by atoms with van der Waals surface area (Å²) in [6, 6.07) is 4.13. The highest BCUT2D eigenvalue weighted by Gasteiger charge is 2.08. The lowest BCUT2D eigenvalue weighted by Gasteiger charge is -2.00. The van der Waals surface area contributed by atoms with E-state index in [2.05, 4.69) is 34.7 Å². The SMILES string of the molecule is CNCCC(=O)Nc1nc(-c2ccc(C)s2)cs1. The number of rotatable bonds is 5. The van der Waals surface area contributed by atoms with E-state index in [-0.39, 0.29) is 5.91 Å². The van der Waals surface area contributed by atoms with Crippen LogP contribution in [0.2, 0.25) is 0 Å². The lowest BCUT2D eigenvalue weighted by molar-refractivity contribution is -0.116. The van der Waals surface area contributed by atoms with Gasteiger partial charge in [-0.25, -0.2) is 4.98 Å². The van der Waals surface area contributed by atoms with Crippen LogP contribution >= 0.6 is 22.7 Å². The maximum atomic E-state index is 11.5.